The molecule has 0 saturated carbocycles. The Balaban J connectivity index is 1.77. The van der Waals surface area contributed by atoms with Gasteiger partial charge in [-0.05, 0) is 12.1 Å². The zero-order valence-corrected chi connectivity index (χ0v) is 16.1. The molecule has 2 N–H and O–H groups in total. The van der Waals surface area contributed by atoms with Gasteiger partial charge >= 0.3 is 0 Å². The zero-order valence-electron chi connectivity index (χ0n) is 13.7. The van der Waals surface area contributed by atoms with Crippen LogP contribution in [0.15, 0.2) is 35.2 Å². The highest BCUT2D eigenvalue weighted by molar-refractivity contribution is 8.00. The smallest absolute Gasteiger partial charge is 0.243 e. The molecule has 3 rings (SSSR count). The minimum absolute atomic E-state index is 0.318. The van der Waals surface area contributed by atoms with Gasteiger partial charge in [0.1, 0.15) is 0 Å². The van der Waals surface area contributed by atoms with Gasteiger partial charge in [-0.3, -0.25) is 0 Å². The summed E-state index contributed by atoms with van der Waals surface area (Å²) in [6, 6.07) is 8.82. The fourth-order valence-corrected chi connectivity index (χ4v) is 6.91. The van der Waals surface area contributed by atoms with Crippen molar-refractivity contribution in [2.75, 3.05) is 50.8 Å². The van der Waals surface area contributed by atoms with Crippen molar-refractivity contribution in [1.29, 1.82) is 0 Å². The largest absolute Gasteiger partial charge is 0.315 e. The quantitative estimate of drug-likeness (QED) is 0.762. The molecule has 0 spiro atoms. The van der Waals surface area contributed by atoms with Crippen LogP contribution >= 0.6 is 23.5 Å². The average molecular weight is 388 g/mol. The summed E-state index contributed by atoms with van der Waals surface area (Å²) in [7, 11) is -3.45. The van der Waals surface area contributed by atoms with Crippen molar-refractivity contribution in [3.05, 3.63) is 30.3 Å². The van der Waals surface area contributed by atoms with Gasteiger partial charge in [-0.15, -0.1) is 0 Å². The molecule has 2 atom stereocenters. The van der Waals surface area contributed by atoms with E-state index in [4.69, 9.17) is 0 Å². The molecule has 2 fully saturated rings. The standard InChI is InChI=1S/C16H25N3O2S3/c20-24(21,16-4-2-1-3-5-16)19(12-14-10-17-6-8-22-14)13-15-11-18-7-9-23-15/h1-5,14-15,17-18H,6-13H2. The summed E-state index contributed by atoms with van der Waals surface area (Å²) < 4.78 is 28.0. The summed E-state index contributed by atoms with van der Waals surface area (Å²) >= 11 is 3.75. The molecule has 0 bridgehead atoms. The highest BCUT2D eigenvalue weighted by Crippen LogP contribution is 2.24. The van der Waals surface area contributed by atoms with Crippen molar-refractivity contribution in [2.45, 2.75) is 15.4 Å². The second-order valence-electron chi connectivity index (χ2n) is 6.03. The predicted octanol–water partition coefficient (Wildman–Crippen LogP) is 1.09. The molecular formula is C16H25N3O2S3. The Morgan fingerprint density at radius 3 is 1.96 bits per heavy atom. The van der Waals surface area contributed by atoms with Crippen LogP contribution in [0.3, 0.4) is 0 Å². The fraction of sp³-hybridized carbons (Fsp3) is 0.625. The lowest BCUT2D eigenvalue weighted by molar-refractivity contribution is 0.397. The molecule has 2 aliphatic rings. The van der Waals surface area contributed by atoms with E-state index in [-0.39, 0.29) is 0 Å². The van der Waals surface area contributed by atoms with Gasteiger partial charge in [-0.2, -0.15) is 27.8 Å². The third-order valence-electron chi connectivity index (χ3n) is 4.20. The second-order valence-corrected chi connectivity index (χ2v) is 10.8. The van der Waals surface area contributed by atoms with Crippen LogP contribution < -0.4 is 10.6 Å². The Hall–Kier alpha value is -0.250. The molecular weight excluding hydrogens is 362 g/mol. The summed E-state index contributed by atoms with van der Waals surface area (Å²) in [5, 5.41) is 7.39. The first kappa shape index (κ1) is 18.5. The van der Waals surface area contributed by atoms with Gasteiger partial charge in [0.2, 0.25) is 10.0 Å². The summed E-state index contributed by atoms with van der Waals surface area (Å²) in [6.45, 7) is 4.92. The second kappa shape index (κ2) is 8.91. The maximum atomic E-state index is 13.1. The Kier molecular flexibility index (Phi) is 6.88. The number of benzene rings is 1. The van der Waals surface area contributed by atoms with E-state index in [1.165, 1.54) is 0 Å². The van der Waals surface area contributed by atoms with Gasteiger partial charge in [0, 0.05) is 61.3 Å². The first-order valence-electron chi connectivity index (χ1n) is 8.36. The highest BCUT2D eigenvalue weighted by atomic mass is 32.2. The number of hydrogen-bond donors (Lipinski definition) is 2. The van der Waals surface area contributed by atoms with Gasteiger partial charge in [0.05, 0.1) is 4.90 Å². The molecule has 5 nitrogen and oxygen atoms in total. The SMILES string of the molecule is O=S(=O)(c1ccccc1)N(CC1CNCCS1)CC1CNCCS1. The summed E-state index contributed by atoms with van der Waals surface area (Å²) in [5.41, 5.74) is 0. The molecule has 1 aromatic rings. The van der Waals surface area contributed by atoms with E-state index >= 15 is 0 Å². The summed E-state index contributed by atoms with van der Waals surface area (Å²) in [5.74, 6) is 2.09. The molecule has 0 aliphatic carbocycles. The normalized spacial score (nSPS) is 25.7. The van der Waals surface area contributed by atoms with Gasteiger partial charge in [-0.25, -0.2) is 8.42 Å². The molecule has 2 aliphatic heterocycles. The minimum Gasteiger partial charge on any atom is -0.315 e. The minimum atomic E-state index is -3.45. The molecule has 2 saturated heterocycles. The number of hydrogen-bond acceptors (Lipinski definition) is 6. The first-order chi connectivity index (χ1) is 11.7. The Morgan fingerprint density at radius 1 is 0.958 bits per heavy atom. The number of nitrogens with zero attached hydrogens (tertiary/aromatic N) is 1. The van der Waals surface area contributed by atoms with E-state index in [1.54, 1.807) is 28.6 Å². The molecule has 0 aromatic heterocycles. The fourth-order valence-electron chi connectivity index (χ4n) is 2.94. The highest BCUT2D eigenvalue weighted by Gasteiger charge is 2.30. The van der Waals surface area contributed by atoms with E-state index < -0.39 is 10.0 Å². The van der Waals surface area contributed by atoms with Crippen molar-refractivity contribution in [2.24, 2.45) is 0 Å². The monoisotopic (exact) mass is 387 g/mol. The predicted molar refractivity (Wildman–Crippen MR) is 103 cm³/mol. The lowest BCUT2D eigenvalue weighted by Gasteiger charge is -2.32. The van der Waals surface area contributed by atoms with Gasteiger partial charge < -0.3 is 10.6 Å². The summed E-state index contributed by atoms with van der Waals surface area (Å²) in [6.07, 6.45) is 0. The van der Waals surface area contributed by atoms with Crippen LogP contribution in [0.25, 0.3) is 0 Å². The number of thioether (sulfide) groups is 2. The molecule has 2 heterocycles. The number of nitrogens with one attached hydrogen (secondary N) is 2. The Labute approximate surface area is 153 Å². The molecule has 1 aromatic carbocycles. The summed E-state index contributed by atoms with van der Waals surface area (Å²) in [4.78, 5) is 0.396. The maximum Gasteiger partial charge on any atom is 0.243 e. The average Bonchev–Trinajstić information content (AvgIpc) is 2.64. The Morgan fingerprint density at radius 2 is 1.50 bits per heavy atom. The topological polar surface area (TPSA) is 61.4 Å². The molecule has 0 amide bonds. The van der Waals surface area contributed by atoms with Crippen LogP contribution in [0.2, 0.25) is 0 Å². The van der Waals surface area contributed by atoms with E-state index in [9.17, 15) is 8.42 Å². The first-order valence-corrected chi connectivity index (χ1v) is 11.9. The molecule has 134 valence electrons. The van der Waals surface area contributed by atoms with Gasteiger partial charge in [0.25, 0.3) is 0 Å². The van der Waals surface area contributed by atoms with E-state index in [2.05, 4.69) is 10.6 Å². The van der Waals surface area contributed by atoms with Gasteiger partial charge in [-0.1, -0.05) is 18.2 Å². The third-order valence-corrected chi connectivity index (χ3v) is 8.50. The van der Waals surface area contributed by atoms with Crippen LogP contribution in [-0.2, 0) is 10.0 Å². The van der Waals surface area contributed by atoms with Crippen LogP contribution in [0.5, 0.6) is 0 Å². The number of sulfonamides is 1. The van der Waals surface area contributed by atoms with Crippen LogP contribution in [-0.4, -0.2) is 74.0 Å². The van der Waals surface area contributed by atoms with Crippen molar-refractivity contribution >= 4 is 33.5 Å². The molecule has 0 radical (unpaired) electrons. The van der Waals surface area contributed by atoms with E-state index in [1.807, 2.05) is 29.6 Å². The molecule has 24 heavy (non-hydrogen) atoms. The third kappa shape index (κ3) is 4.89. The van der Waals surface area contributed by atoms with Crippen molar-refractivity contribution in [1.82, 2.24) is 14.9 Å². The Bertz CT molecular complexity index is 580. The van der Waals surface area contributed by atoms with Crippen LogP contribution in [0.1, 0.15) is 0 Å². The number of rotatable bonds is 6. The van der Waals surface area contributed by atoms with E-state index in [0.29, 0.717) is 28.5 Å². The lowest BCUT2D eigenvalue weighted by Crippen LogP contribution is -2.47. The molecule has 2 unspecified atom stereocenters. The van der Waals surface area contributed by atoms with Gasteiger partial charge in [0.15, 0.2) is 0 Å². The lowest BCUT2D eigenvalue weighted by atomic mass is 10.3. The van der Waals surface area contributed by atoms with Crippen molar-refractivity contribution in [3.63, 3.8) is 0 Å². The zero-order chi connectivity index (χ0) is 16.8. The maximum absolute atomic E-state index is 13.1. The van der Waals surface area contributed by atoms with Crippen LogP contribution in [0.4, 0.5) is 0 Å². The van der Waals surface area contributed by atoms with E-state index in [0.717, 1.165) is 37.7 Å². The molecule has 8 heteroatoms. The van der Waals surface area contributed by atoms with Crippen molar-refractivity contribution in [3.8, 4) is 0 Å². The van der Waals surface area contributed by atoms with Crippen LogP contribution in [0, 0.1) is 0 Å². The van der Waals surface area contributed by atoms with Crippen molar-refractivity contribution < 1.29 is 8.42 Å².